The average molecular weight is 252 g/mol. The fourth-order valence-electron chi connectivity index (χ4n) is 2.38. The van der Waals surface area contributed by atoms with Crippen molar-refractivity contribution in [2.45, 2.75) is 52.0 Å². The summed E-state index contributed by atoms with van der Waals surface area (Å²) in [6.45, 7) is 4.99. The Labute approximate surface area is 107 Å². The predicted molar refractivity (Wildman–Crippen MR) is 70.8 cm³/mol. The number of aryl methyl sites for hydroxylation is 2. The third-order valence-electron chi connectivity index (χ3n) is 3.26. The second kappa shape index (κ2) is 5.74. The summed E-state index contributed by atoms with van der Waals surface area (Å²) in [6.07, 6.45) is 5.48. The highest BCUT2D eigenvalue weighted by Crippen LogP contribution is 2.20. The molecular formula is C13H20N2OS. The number of ketones is 1. The van der Waals surface area contributed by atoms with Crippen LogP contribution in [0.25, 0.3) is 0 Å². The van der Waals surface area contributed by atoms with E-state index in [0.717, 1.165) is 22.9 Å². The maximum absolute atomic E-state index is 12.2. The van der Waals surface area contributed by atoms with Crippen LogP contribution in [0.1, 0.15) is 52.5 Å². The van der Waals surface area contributed by atoms with Gasteiger partial charge in [0.2, 0.25) is 0 Å². The molecule has 0 spiro atoms. The molecule has 3 nitrogen and oxygen atoms in total. The largest absolute Gasteiger partial charge is 0.314 e. The standard InChI is InChI=1S/C13H20N2OS/c1-9-13(15-10(2)17-9)12(16)8-11-6-4-3-5-7-14-11/h11,14H,3-8H2,1-2H3. The molecule has 1 aromatic heterocycles. The lowest BCUT2D eigenvalue weighted by Crippen LogP contribution is -2.30. The highest BCUT2D eigenvalue weighted by Gasteiger charge is 2.19. The maximum atomic E-state index is 12.2. The Balaban J connectivity index is 1.98. The Kier molecular flexibility index (Phi) is 4.29. The first kappa shape index (κ1) is 12.7. The van der Waals surface area contributed by atoms with Crippen molar-refractivity contribution >= 4 is 17.1 Å². The minimum absolute atomic E-state index is 0.200. The van der Waals surface area contributed by atoms with Gasteiger partial charge in [-0.1, -0.05) is 12.8 Å². The lowest BCUT2D eigenvalue weighted by atomic mass is 10.0. The van der Waals surface area contributed by atoms with Crippen LogP contribution in [-0.4, -0.2) is 23.4 Å². The van der Waals surface area contributed by atoms with Crippen LogP contribution >= 0.6 is 11.3 Å². The third-order valence-corrected chi connectivity index (χ3v) is 4.15. The van der Waals surface area contributed by atoms with Crippen LogP contribution in [0, 0.1) is 13.8 Å². The summed E-state index contributed by atoms with van der Waals surface area (Å²) >= 11 is 1.61. The van der Waals surface area contributed by atoms with Gasteiger partial charge in [0.15, 0.2) is 5.78 Å². The molecule has 1 N–H and O–H groups in total. The van der Waals surface area contributed by atoms with Crippen LogP contribution in [0.2, 0.25) is 0 Å². The summed E-state index contributed by atoms with van der Waals surface area (Å²) in [4.78, 5) is 17.6. The summed E-state index contributed by atoms with van der Waals surface area (Å²) in [5, 5.41) is 4.45. The molecule has 0 bridgehead atoms. The fraction of sp³-hybridized carbons (Fsp3) is 0.692. The molecule has 2 heterocycles. The van der Waals surface area contributed by atoms with Gasteiger partial charge in [0.1, 0.15) is 5.69 Å². The fourth-order valence-corrected chi connectivity index (χ4v) is 3.22. The zero-order valence-electron chi connectivity index (χ0n) is 10.6. The van der Waals surface area contributed by atoms with Crippen LogP contribution < -0.4 is 5.32 Å². The Bertz CT molecular complexity index is 392. The van der Waals surface area contributed by atoms with Crippen molar-refractivity contribution in [1.29, 1.82) is 0 Å². The van der Waals surface area contributed by atoms with Crippen LogP contribution in [0.5, 0.6) is 0 Å². The SMILES string of the molecule is Cc1nc(C(=O)CC2CCCCCN2)c(C)s1. The molecule has 4 heteroatoms. The van der Waals surface area contributed by atoms with Crippen LogP contribution in [0.15, 0.2) is 0 Å². The Hall–Kier alpha value is -0.740. The van der Waals surface area contributed by atoms with Gasteiger partial charge in [0.25, 0.3) is 0 Å². The lowest BCUT2D eigenvalue weighted by Gasteiger charge is -2.14. The number of thiazole rings is 1. The Morgan fingerprint density at radius 3 is 2.94 bits per heavy atom. The molecule has 0 radical (unpaired) electrons. The van der Waals surface area contributed by atoms with E-state index in [4.69, 9.17) is 0 Å². The topological polar surface area (TPSA) is 42.0 Å². The summed E-state index contributed by atoms with van der Waals surface area (Å²) < 4.78 is 0. The molecule has 2 rings (SSSR count). The lowest BCUT2D eigenvalue weighted by molar-refractivity contribution is 0.0963. The second-order valence-electron chi connectivity index (χ2n) is 4.77. The maximum Gasteiger partial charge on any atom is 0.183 e. The predicted octanol–water partition coefficient (Wildman–Crippen LogP) is 2.86. The van der Waals surface area contributed by atoms with E-state index in [1.807, 2.05) is 13.8 Å². The molecule has 1 atom stereocenters. The third kappa shape index (κ3) is 3.36. The van der Waals surface area contributed by atoms with E-state index in [-0.39, 0.29) is 5.78 Å². The van der Waals surface area contributed by atoms with Gasteiger partial charge in [-0.3, -0.25) is 4.79 Å². The van der Waals surface area contributed by atoms with E-state index in [1.165, 1.54) is 19.3 Å². The first-order chi connectivity index (χ1) is 8.16. The van der Waals surface area contributed by atoms with Gasteiger partial charge in [-0.15, -0.1) is 11.3 Å². The number of aromatic nitrogens is 1. The summed E-state index contributed by atoms with van der Waals surface area (Å²) in [7, 11) is 0. The first-order valence-electron chi connectivity index (χ1n) is 6.37. The molecule has 0 amide bonds. The molecular weight excluding hydrogens is 232 g/mol. The van der Waals surface area contributed by atoms with Crippen molar-refractivity contribution in [3.63, 3.8) is 0 Å². The number of hydrogen-bond acceptors (Lipinski definition) is 4. The first-order valence-corrected chi connectivity index (χ1v) is 7.19. The molecule has 1 fully saturated rings. The normalized spacial score (nSPS) is 21.2. The van der Waals surface area contributed by atoms with E-state index >= 15 is 0 Å². The van der Waals surface area contributed by atoms with E-state index < -0.39 is 0 Å². The molecule has 0 saturated carbocycles. The average Bonchev–Trinajstić information content (AvgIpc) is 2.51. The molecule has 1 aromatic rings. The molecule has 1 aliphatic rings. The molecule has 1 saturated heterocycles. The van der Waals surface area contributed by atoms with Crippen molar-refractivity contribution in [2.75, 3.05) is 6.54 Å². The molecule has 0 aliphatic carbocycles. The number of carbonyl (C=O) groups excluding carboxylic acids is 1. The zero-order valence-corrected chi connectivity index (χ0v) is 11.4. The van der Waals surface area contributed by atoms with Crippen LogP contribution in [-0.2, 0) is 0 Å². The van der Waals surface area contributed by atoms with Crippen molar-refractivity contribution in [2.24, 2.45) is 0 Å². The van der Waals surface area contributed by atoms with Gasteiger partial charge in [0.05, 0.1) is 5.01 Å². The van der Waals surface area contributed by atoms with Gasteiger partial charge in [-0.25, -0.2) is 4.98 Å². The Morgan fingerprint density at radius 1 is 1.41 bits per heavy atom. The number of nitrogens with zero attached hydrogens (tertiary/aromatic N) is 1. The second-order valence-corrected chi connectivity index (χ2v) is 6.17. The van der Waals surface area contributed by atoms with E-state index in [0.29, 0.717) is 18.2 Å². The van der Waals surface area contributed by atoms with Gasteiger partial charge >= 0.3 is 0 Å². The van der Waals surface area contributed by atoms with Crippen LogP contribution in [0.4, 0.5) is 0 Å². The minimum Gasteiger partial charge on any atom is -0.314 e. The van der Waals surface area contributed by atoms with Crippen LogP contribution in [0.3, 0.4) is 0 Å². The monoisotopic (exact) mass is 252 g/mol. The number of nitrogens with one attached hydrogen (secondary N) is 1. The summed E-state index contributed by atoms with van der Waals surface area (Å²) in [5.74, 6) is 0.200. The van der Waals surface area contributed by atoms with Gasteiger partial charge in [-0.2, -0.15) is 0 Å². The van der Waals surface area contributed by atoms with Crippen molar-refractivity contribution in [3.8, 4) is 0 Å². The smallest absolute Gasteiger partial charge is 0.183 e. The quantitative estimate of drug-likeness (QED) is 0.841. The van der Waals surface area contributed by atoms with Crippen molar-refractivity contribution in [1.82, 2.24) is 10.3 Å². The summed E-state index contributed by atoms with van der Waals surface area (Å²) in [5.41, 5.74) is 0.693. The van der Waals surface area contributed by atoms with Crippen molar-refractivity contribution in [3.05, 3.63) is 15.6 Å². The van der Waals surface area contributed by atoms with Gasteiger partial charge in [-0.05, 0) is 33.2 Å². The highest BCUT2D eigenvalue weighted by atomic mass is 32.1. The van der Waals surface area contributed by atoms with E-state index in [9.17, 15) is 4.79 Å². The van der Waals surface area contributed by atoms with E-state index in [1.54, 1.807) is 11.3 Å². The number of rotatable bonds is 3. The molecule has 1 aliphatic heterocycles. The van der Waals surface area contributed by atoms with Gasteiger partial charge in [0, 0.05) is 17.3 Å². The van der Waals surface area contributed by atoms with E-state index in [2.05, 4.69) is 10.3 Å². The number of hydrogen-bond donors (Lipinski definition) is 1. The number of Topliss-reactive ketones (excluding diaryl/α,β-unsaturated/α-hetero) is 1. The molecule has 17 heavy (non-hydrogen) atoms. The van der Waals surface area contributed by atoms with Crippen molar-refractivity contribution < 1.29 is 4.79 Å². The van der Waals surface area contributed by atoms with Gasteiger partial charge < -0.3 is 5.32 Å². The zero-order chi connectivity index (χ0) is 12.3. The minimum atomic E-state index is 0.200. The molecule has 0 aromatic carbocycles. The molecule has 1 unspecified atom stereocenters. The summed E-state index contributed by atoms with van der Waals surface area (Å²) in [6, 6.07) is 0.353. The highest BCUT2D eigenvalue weighted by molar-refractivity contribution is 7.11. The Morgan fingerprint density at radius 2 is 2.24 bits per heavy atom. The molecule has 94 valence electrons. The number of carbonyl (C=O) groups is 1.